The molecule has 1 saturated heterocycles. The van der Waals surface area contributed by atoms with Crippen molar-refractivity contribution in [2.24, 2.45) is 0 Å². The van der Waals surface area contributed by atoms with Gasteiger partial charge in [0.15, 0.2) is 0 Å². The van der Waals surface area contributed by atoms with E-state index in [1.807, 2.05) is 11.4 Å². The zero-order valence-electron chi connectivity index (χ0n) is 9.11. The Morgan fingerprint density at radius 2 is 2.25 bits per heavy atom. The highest BCUT2D eigenvalue weighted by Gasteiger charge is 2.41. The van der Waals surface area contributed by atoms with Gasteiger partial charge in [0, 0.05) is 37.6 Å². The predicted octanol–water partition coefficient (Wildman–Crippen LogP) is 2.74. The number of halogens is 1. The minimum absolute atomic E-state index is 0.494. The number of hydrogen-bond donors (Lipinski definition) is 1. The van der Waals surface area contributed by atoms with Gasteiger partial charge >= 0.3 is 0 Å². The zero-order chi connectivity index (χ0) is 11.6. The largest absolute Gasteiger partial charge is 0.384 e. The van der Waals surface area contributed by atoms with Gasteiger partial charge in [0.2, 0.25) is 0 Å². The van der Waals surface area contributed by atoms with Crippen LogP contribution in [0.2, 0.25) is 0 Å². The van der Waals surface area contributed by atoms with Gasteiger partial charge in [-0.1, -0.05) is 0 Å². The van der Waals surface area contributed by atoms with E-state index in [4.69, 9.17) is 9.47 Å². The number of hydrogen-bond acceptors (Lipinski definition) is 4. The van der Waals surface area contributed by atoms with Crippen molar-refractivity contribution < 1.29 is 14.6 Å². The second-order valence-electron chi connectivity index (χ2n) is 3.92. The molecule has 1 fully saturated rings. The van der Waals surface area contributed by atoms with E-state index in [0.29, 0.717) is 13.2 Å². The van der Waals surface area contributed by atoms with Crippen molar-refractivity contribution in [2.45, 2.75) is 24.5 Å². The van der Waals surface area contributed by atoms with Crippen LogP contribution in [-0.2, 0) is 9.47 Å². The van der Waals surface area contributed by atoms with Gasteiger partial charge in [-0.2, -0.15) is 0 Å². The third-order valence-electron chi connectivity index (χ3n) is 3.14. The fraction of sp³-hybridized carbons (Fsp3) is 0.636. The highest BCUT2D eigenvalue weighted by atomic mass is 79.9. The number of rotatable bonds is 3. The number of thiophene rings is 1. The van der Waals surface area contributed by atoms with Gasteiger partial charge in [-0.15, -0.1) is 11.3 Å². The second-order valence-corrected chi connectivity index (χ2v) is 5.72. The van der Waals surface area contributed by atoms with E-state index < -0.39 is 11.7 Å². The van der Waals surface area contributed by atoms with Crippen LogP contribution in [0, 0.1) is 0 Å². The van der Waals surface area contributed by atoms with Crippen molar-refractivity contribution in [1.82, 2.24) is 0 Å². The molecule has 0 aliphatic carbocycles. The lowest BCUT2D eigenvalue weighted by Gasteiger charge is -2.39. The van der Waals surface area contributed by atoms with Crippen LogP contribution in [0.25, 0.3) is 0 Å². The molecular weight excluding hydrogens is 292 g/mol. The molecule has 90 valence electrons. The van der Waals surface area contributed by atoms with Crippen LogP contribution in [0.3, 0.4) is 0 Å². The number of methoxy groups -OCH3 is 1. The van der Waals surface area contributed by atoms with Gasteiger partial charge < -0.3 is 14.6 Å². The van der Waals surface area contributed by atoms with E-state index >= 15 is 0 Å². The topological polar surface area (TPSA) is 38.7 Å². The van der Waals surface area contributed by atoms with Gasteiger partial charge in [0.05, 0.1) is 4.88 Å². The lowest BCUT2D eigenvalue weighted by molar-refractivity contribution is -0.153. The Morgan fingerprint density at radius 3 is 2.75 bits per heavy atom. The first-order chi connectivity index (χ1) is 7.69. The number of ether oxygens (including phenoxy) is 2. The summed E-state index contributed by atoms with van der Waals surface area (Å²) in [6.45, 7) is 1.29. The molecule has 1 aliphatic heterocycles. The Balaban J connectivity index is 2.24. The average molecular weight is 307 g/mol. The molecule has 1 unspecified atom stereocenters. The van der Waals surface area contributed by atoms with Crippen molar-refractivity contribution in [3.63, 3.8) is 0 Å². The molecule has 0 spiro atoms. The molecule has 1 aromatic rings. The van der Waals surface area contributed by atoms with Gasteiger partial charge in [0.1, 0.15) is 11.7 Å². The fourth-order valence-electron chi connectivity index (χ4n) is 2.05. The predicted molar refractivity (Wildman–Crippen MR) is 66.8 cm³/mol. The molecule has 3 nitrogen and oxygen atoms in total. The number of aliphatic hydroxyl groups is 1. The van der Waals surface area contributed by atoms with Crippen LogP contribution in [0.4, 0.5) is 0 Å². The minimum Gasteiger partial charge on any atom is -0.384 e. The summed E-state index contributed by atoms with van der Waals surface area (Å²) in [6, 6.07) is 1.95. The van der Waals surface area contributed by atoms with Gasteiger partial charge in [0.25, 0.3) is 0 Å². The summed E-state index contributed by atoms with van der Waals surface area (Å²) in [6.07, 6.45) is 0.875. The maximum absolute atomic E-state index is 10.5. The van der Waals surface area contributed by atoms with Crippen molar-refractivity contribution in [3.8, 4) is 0 Å². The van der Waals surface area contributed by atoms with E-state index in [-0.39, 0.29) is 0 Å². The Hall–Kier alpha value is 0.0600. The first kappa shape index (κ1) is 12.5. The van der Waals surface area contributed by atoms with Crippen LogP contribution in [0.5, 0.6) is 0 Å². The van der Waals surface area contributed by atoms with E-state index in [9.17, 15) is 5.11 Å². The third-order valence-corrected chi connectivity index (χ3v) is 5.06. The normalized spacial score (nSPS) is 21.9. The molecule has 0 saturated carbocycles. The van der Waals surface area contributed by atoms with Crippen LogP contribution in [0.1, 0.15) is 23.8 Å². The molecule has 5 heteroatoms. The third kappa shape index (κ3) is 2.19. The van der Waals surface area contributed by atoms with Crippen LogP contribution < -0.4 is 0 Å². The molecule has 1 aliphatic rings. The molecule has 1 atom stereocenters. The van der Waals surface area contributed by atoms with Crippen molar-refractivity contribution in [3.05, 3.63) is 20.8 Å². The van der Waals surface area contributed by atoms with Gasteiger partial charge in [-0.05, 0) is 27.4 Å². The SMILES string of the molecule is COC1(C(O)c2sccc2Br)CCOCC1. The minimum atomic E-state index is -0.587. The van der Waals surface area contributed by atoms with E-state index in [0.717, 1.165) is 22.2 Å². The highest BCUT2D eigenvalue weighted by molar-refractivity contribution is 9.10. The Bertz CT molecular complexity index is 347. The van der Waals surface area contributed by atoms with Crippen molar-refractivity contribution in [1.29, 1.82) is 0 Å². The summed E-state index contributed by atoms with van der Waals surface area (Å²) in [4.78, 5) is 0.934. The lowest BCUT2D eigenvalue weighted by atomic mass is 9.87. The highest BCUT2D eigenvalue weighted by Crippen LogP contribution is 2.41. The summed E-state index contributed by atoms with van der Waals surface area (Å²) < 4.78 is 11.9. The van der Waals surface area contributed by atoms with E-state index in [1.54, 1.807) is 18.4 Å². The summed E-state index contributed by atoms with van der Waals surface area (Å²) in [7, 11) is 1.66. The maximum atomic E-state index is 10.5. The summed E-state index contributed by atoms with van der Waals surface area (Å²) in [5.41, 5.74) is -0.494. The molecule has 1 aromatic heterocycles. The van der Waals surface area contributed by atoms with E-state index in [2.05, 4.69) is 15.9 Å². The van der Waals surface area contributed by atoms with Crippen molar-refractivity contribution >= 4 is 27.3 Å². The van der Waals surface area contributed by atoms with E-state index in [1.165, 1.54) is 0 Å². The summed E-state index contributed by atoms with van der Waals surface area (Å²) in [5, 5.41) is 12.4. The Morgan fingerprint density at radius 1 is 1.56 bits per heavy atom. The summed E-state index contributed by atoms with van der Waals surface area (Å²) >= 11 is 5.00. The molecular formula is C11H15BrO3S. The standard InChI is InChI=1S/C11H15BrO3S/c1-14-11(3-5-15-6-4-11)10(13)9-8(12)2-7-16-9/h2,7,10,13H,3-6H2,1H3. The average Bonchev–Trinajstić information content (AvgIpc) is 2.75. The molecule has 2 heterocycles. The summed E-state index contributed by atoms with van der Waals surface area (Å²) in [5.74, 6) is 0. The van der Waals surface area contributed by atoms with Crippen LogP contribution in [-0.4, -0.2) is 31.0 Å². The van der Waals surface area contributed by atoms with Gasteiger partial charge in [-0.25, -0.2) is 0 Å². The smallest absolute Gasteiger partial charge is 0.118 e. The molecule has 1 N–H and O–H groups in total. The molecule has 16 heavy (non-hydrogen) atoms. The maximum Gasteiger partial charge on any atom is 0.118 e. The molecule has 0 amide bonds. The second kappa shape index (κ2) is 5.14. The van der Waals surface area contributed by atoms with Crippen LogP contribution in [0.15, 0.2) is 15.9 Å². The first-order valence-electron chi connectivity index (χ1n) is 5.23. The monoisotopic (exact) mass is 306 g/mol. The zero-order valence-corrected chi connectivity index (χ0v) is 11.5. The lowest BCUT2D eigenvalue weighted by Crippen LogP contribution is -2.43. The Labute approximate surface area is 108 Å². The van der Waals surface area contributed by atoms with Gasteiger partial charge in [-0.3, -0.25) is 0 Å². The molecule has 0 radical (unpaired) electrons. The van der Waals surface area contributed by atoms with Crippen molar-refractivity contribution in [2.75, 3.05) is 20.3 Å². The fourth-order valence-corrected chi connectivity index (χ4v) is 3.72. The number of aliphatic hydroxyl groups excluding tert-OH is 1. The molecule has 2 rings (SSSR count). The quantitative estimate of drug-likeness (QED) is 0.933. The Kier molecular flexibility index (Phi) is 4.02. The first-order valence-corrected chi connectivity index (χ1v) is 6.91. The molecule has 0 aromatic carbocycles. The van der Waals surface area contributed by atoms with Crippen LogP contribution >= 0.6 is 27.3 Å². The molecule has 0 bridgehead atoms.